The summed E-state index contributed by atoms with van der Waals surface area (Å²) in [6.07, 6.45) is 6.84. The Hall–Kier alpha value is -0.120. The van der Waals surface area contributed by atoms with E-state index in [2.05, 4.69) is 4.90 Å². The van der Waals surface area contributed by atoms with E-state index in [-0.39, 0.29) is 0 Å². The van der Waals surface area contributed by atoms with E-state index in [0.717, 1.165) is 25.2 Å². The minimum Gasteiger partial charge on any atom is -0.396 e. The number of hydrogen-bond acceptors (Lipinski definition) is 3. The molecule has 0 spiro atoms. The van der Waals surface area contributed by atoms with E-state index in [1.54, 1.807) is 0 Å². The maximum Gasteiger partial charge on any atom is 0.0434 e. The van der Waals surface area contributed by atoms with Crippen LogP contribution in [0.4, 0.5) is 0 Å². The highest BCUT2D eigenvalue weighted by molar-refractivity contribution is 4.75. The average molecular weight is 215 g/mol. The van der Waals surface area contributed by atoms with E-state index >= 15 is 0 Å². The van der Waals surface area contributed by atoms with Crippen LogP contribution >= 0.6 is 0 Å². The van der Waals surface area contributed by atoms with Crippen LogP contribution in [-0.4, -0.2) is 48.0 Å². The van der Waals surface area contributed by atoms with Crippen LogP contribution in [0.5, 0.6) is 0 Å². The van der Waals surface area contributed by atoms with Gasteiger partial charge in [0.05, 0.1) is 0 Å². The van der Waals surface area contributed by atoms with Crippen LogP contribution in [0.3, 0.4) is 0 Å². The van der Waals surface area contributed by atoms with Gasteiger partial charge in [0.25, 0.3) is 0 Å². The number of unbranched alkanes of at least 4 members (excludes halogenated alkanes) is 3. The number of likely N-dealkylation sites (tertiary alicyclic amines) is 1. The molecule has 1 rings (SSSR count). The number of hydrogen-bond donors (Lipinski definition) is 2. The van der Waals surface area contributed by atoms with Crippen LogP contribution in [0.25, 0.3) is 0 Å². The molecule has 3 heteroatoms. The Kier molecular flexibility index (Phi) is 6.98. The SMILES string of the molecule is OCCCCCCN1CCC(CCO)C1. The zero-order valence-corrected chi connectivity index (χ0v) is 9.70. The normalized spacial score (nSPS) is 22.4. The van der Waals surface area contributed by atoms with Crippen molar-refractivity contribution in [2.45, 2.75) is 38.5 Å². The lowest BCUT2D eigenvalue weighted by atomic mass is 10.1. The second kappa shape index (κ2) is 8.08. The first-order valence-electron chi connectivity index (χ1n) is 6.31. The van der Waals surface area contributed by atoms with Gasteiger partial charge in [-0.05, 0) is 44.7 Å². The molecule has 1 saturated heterocycles. The van der Waals surface area contributed by atoms with E-state index in [9.17, 15) is 0 Å². The average Bonchev–Trinajstić information content (AvgIpc) is 2.66. The Labute approximate surface area is 93.1 Å². The van der Waals surface area contributed by atoms with E-state index < -0.39 is 0 Å². The number of aliphatic hydroxyl groups excluding tert-OH is 2. The van der Waals surface area contributed by atoms with Crippen LogP contribution in [0, 0.1) is 5.92 Å². The van der Waals surface area contributed by atoms with E-state index in [4.69, 9.17) is 10.2 Å². The summed E-state index contributed by atoms with van der Waals surface area (Å²) >= 11 is 0. The highest BCUT2D eigenvalue weighted by Gasteiger charge is 2.20. The molecule has 1 atom stereocenters. The molecule has 0 radical (unpaired) electrons. The fourth-order valence-corrected chi connectivity index (χ4v) is 2.33. The summed E-state index contributed by atoms with van der Waals surface area (Å²) < 4.78 is 0. The predicted octanol–water partition coefficient (Wildman–Crippen LogP) is 1.24. The van der Waals surface area contributed by atoms with Gasteiger partial charge in [-0.25, -0.2) is 0 Å². The summed E-state index contributed by atoms with van der Waals surface area (Å²) in [5, 5.41) is 17.5. The third-order valence-corrected chi connectivity index (χ3v) is 3.29. The Morgan fingerprint density at radius 1 is 1.00 bits per heavy atom. The van der Waals surface area contributed by atoms with Crippen LogP contribution in [0.15, 0.2) is 0 Å². The van der Waals surface area contributed by atoms with E-state index in [1.165, 1.54) is 38.9 Å². The van der Waals surface area contributed by atoms with Crippen molar-refractivity contribution in [1.82, 2.24) is 4.90 Å². The van der Waals surface area contributed by atoms with Gasteiger partial charge in [0.15, 0.2) is 0 Å². The van der Waals surface area contributed by atoms with Gasteiger partial charge in [0.2, 0.25) is 0 Å². The third kappa shape index (κ3) is 5.50. The molecule has 0 aliphatic carbocycles. The molecule has 1 fully saturated rings. The fraction of sp³-hybridized carbons (Fsp3) is 1.00. The summed E-state index contributed by atoms with van der Waals surface area (Å²) in [5.74, 6) is 0.729. The van der Waals surface area contributed by atoms with Crippen LogP contribution in [-0.2, 0) is 0 Å². The van der Waals surface area contributed by atoms with Gasteiger partial charge >= 0.3 is 0 Å². The second-order valence-corrected chi connectivity index (χ2v) is 4.61. The van der Waals surface area contributed by atoms with Crippen LogP contribution < -0.4 is 0 Å². The molecule has 0 aromatic carbocycles. The van der Waals surface area contributed by atoms with Crippen molar-refractivity contribution >= 4 is 0 Å². The minimum atomic E-state index is 0.336. The molecule has 15 heavy (non-hydrogen) atoms. The molecule has 0 aromatic heterocycles. The van der Waals surface area contributed by atoms with Crippen molar-refractivity contribution in [2.24, 2.45) is 5.92 Å². The van der Waals surface area contributed by atoms with Gasteiger partial charge < -0.3 is 15.1 Å². The summed E-state index contributed by atoms with van der Waals surface area (Å²) in [7, 11) is 0. The van der Waals surface area contributed by atoms with Gasteiger partial charge in [-0.2, -0.15) is 0 Å². The minimum absolute atomic E-state index is 0.336. The summed E-state index contributed by atoms with van der Waals surface area (Å²) in [5.41, 5.74) is 0. The Morgan fingerprint density at radius 3 is 2.53 bits per heavy atom. The highest BCUT2D eigenvalue weighted by atomic mass is 16.3. The van der Waals surface area contributed by atoms with Gasteiger partial charge in [0, 0.05) is 19.8 Å². The molecule has 3 nitrogen and oxygen atoms in total. The largest absolute Gasteiger partial charge is 0.396 e. The first-order chi connectivity index (χ1) is 7.36. The zero-order chi connectivity index (χ0) is 10.9. The summed E-state index contributed by atoms with van der Waals surface area (Å²) in [6, 6.07) is 0. The van der Waals surface area contributed by atoms with Crippen molar-refractivity contribution < 1.29 is 10.2 Å². The summed E-state index contributed by atoms with van der Waals surface area (Å²) in [4.78, 5) is 2.51. The van der Waals surface area contributed by atoms with E-state index in [0.29, 0.717) is 13.2 Å². The van der Waals surface area contributed by atoms with Gasteiger partial charge in [-0.15, -0.1) is 0 Å². The Balaban J connectivity index is 1.94. The van der Waals surface area contributed by atoms with Crippen molar-refractivity contribution in [2.75, 3.05) is 32.8 Å². The molecule has 90 valence electrons. The first-order valence-corrected chi connectivity index (χ1v) is 6.31. The van der Waals surface area contributed by atoms with Gasteiger partial charge in [0.1, 0.15) is 0 Å². The lowest BCUT2D eigenvalue weighted by Crippen LogP contribution is -2.22. The smallest absolute Gasteiger partial charge is 0.0434 e. The Morgan fingerprint density at radius 2 is 1.80 bits per heavy atom. The molecule has 1 aliphatic heterocycles. The molecular weight excluding hydrogens is 190 g/mol. The quantitative estimate of drug-likeness (QED) is 0.599. The standard InChI is InChI=1S/C12H25NO2/c14-9-4-2-1-3-7-13-8-5-12(11-13)6-10-15/h12,14-15H,1-11H2. The lowest BCUT2D eigenvalue weighted by Gasteiger charge is -2.15. The van der Waals surface area contributed by atoms with Crippen molar-refractivity contribution in [3.8, 4) is 0 Å². The topological polar surface area (TPSA) is 43.7 Å². The highest BCUT2D eigenvalue weighted by Crippen LogP contribution is 2.19. The molecule has 0 bridgehead atoms. The molecule has 2 N–H and O–H groups in total. The number of aliphatic hydroxyl groups is 2. The molecule has 1 heterocycles. The second-order valence-electron chi connectivity index (χ2n) is 4.61. The summed E-state index contributed by atoms with van der Waals surface area (Å²) in [6.45, 7) is 4.27. The molecule has 0 aromatic rings. The van der Waals surface area contributed by atoms with Gasteiger partial charge in [-0.1, -0.05) is 12.8 Å². The molecular formula is C12H25NO2. The Bertz CT molecular complexity index is 153. The molecule has 0 saturated carbocycles. The molecule has 1 aliphatic rings. The monoisotopic (exact) mass is 215 g/mol. The maximum atomic E-state index is 8.84. The molecule has 0 amide bonds. The van der Waals surface area contributed by atoms with Crippen molar-refractivity contribution in [3.63, 3.8) is 0 Å². The van der Waals surface area contributed by atoms with E-state index in [1.807, 2.05) is 0 Å². The van der Waals surface area contributed by atoms with Crippen LogP contribution in [0.2, 0.25) is 0 Å². The van der Waals surface area contributed by atoms with Crippen molar-refractivity contribution in [1.29, 1.82) is 0 Å². The number of nitrogens with zero attached hydrogens (tertiary/aromatic N) is 1. The van der Waals surface area contributed by atoms with Gasteiger partial charge in [-0.3, -0.25) is 0 Å². The van der Waals surface area contributed by atoms with Crippen molar-refractivity contribution in [3.05, 3.63) is 0 Å². The number of rotatable bonds is 8. The maximum absolute atomic E-state index is 8.84. The van der Waals surface area contributed by atoms with Crippen LogP contribution in [0.1, 0.15) is 38.5 Å². The molecule has 1 unspecified atom stereocenters. The predicted molar refractivity (Wildman–Crippen MR) is 61.8 cm³/mol. The zero-order valence-electron chi connectivity index (χ0n) is 9.70. The lowest BCUT2D eigenvalue weighted by molar-refractivity contribution is 0.249. The first kappa shape index (κ1) is 12.9. The fourth-order valence-electron chi connectivity index (χ4n) is 2.33. The third-order valence-electron chi connectivity index (χ3n) is 3.29.